The Kier molecular flexibility index (Phi) is 6.10. The van der Waals surface area contributed by atoms with Crippen molar-refractivity contribution >= 4 is 22.6 Å². The van der Waals surface area contributed by atoms with Crippen LogP contribution in [0.15, 0.2) is 60.5 Å². The number of amides is 2. The predicted octanol–water partition coefficient (Wildman–Crippen LogP) is 4.39. The molecule has 1 unspecified atom stereocenters. The van der Waals surface area contributed by atoms with Crippen LogP contribution >= 0.6 is 0 Å². The number of nitrogens with zero attached hydrogens (tertiary/aromatic N) is 2. The maximum absolute atomic E-state index is 13.5. The molecule has 9 heteroatoms. The Morgan fingerprint density at radius 1 is 1.25 bits per heavy atom. The first-order valence-corrected chi connectivity index (χ1v) is 10.7. The van der Waals surface area contributed by atoms with Gasteiger partial charge in [-0.05, 0) is 42.4 Å². The zero-order valence-corrected chi connectivity index (χ0v) is 17.7. The molecule has 2 amide bonds. The van der Waals surface area contributed by atoms with Crippen LogP contribution in [-0.4, -0.2) is 47.4 Å². The van der Waals surface area contributed by atoms with Gasteiger partial charge in [-0.3, -0.25) is 10.2 Å². The van der Waals surface area contributed by atoms with Crippen molar-refractivity contribution in [3.8, 4) is 0 Å². The zero-order chi connectivity index (χ0) is 22.8. The third-order valence-corrected chi connectivity index (χ3v) is 6.06. The Hall–Kier alpha value is -3.07. The summed E-state index contributed by atoms with van der Waals surface area (Å²) in [5, 5.41) is 9.83. The van der Waals surface area contributed by atoms with E-state index < -0.39 is 23.6 Å². The van der Waals surface area contributed by atoms with Gasteiger partial charge in [0.25, 0.3) is 0 Å². The summed E-state index contributed by atoms with van der Waals surface area (Å²) in [5.41, 5.74) is -1.99. The molecule has 3 N–H and O–H groups in total. The first-order valence-electron chi connectivity index (χ1n) is 10.7. The molecule has 1 atom stereocenters. The number of likely N-dealkylation sites (tertiary alicyclic amines) is 1. The smallest absolute Gasteiger partial charge is 0.358 e. The highest BCUT2D eigenvalue weighted by molar-refractivity contribution is 5.99. The maximum atomic E-state index is 13.5. The lowest BCUT2D eigenvalue weighted by molar-refractivity contribution is -0.103. The topological polar surface area (TPSA) is 69.3 Å². The van der Waals surface area contributed by atoms with Gasteiger partial charge in [-0.15, -0.1) is 0 Å². The van der Waals surface area contributed by atoms with Crippen molar-refractivity contribution in [3.63, 3.8) is 0 Å². The van der Waals surface area contributed by atoms with Gasteiger partial charge in [0.2, 0.25) is 0 Å². The van der Waals surface area contributed by atoms with E-state index in [0.717, 1.165) is 29.7 Å². The number of hydrogen-bond acceptors (Lipinski definition) is 4. The summed E-state index contributed by atoms with van der Waals surface area (Å²) >= 11 is 0. The van der Waals surface area contributed by atoms with Crippen molar-refractivity contribution in [1.29, 1.82) is 0 Å². The number of carbonyl (C=O) groups excluding carboxylic acids is 1. The van der Waals surface area contributed by atoms with Gasteiger partial charge < -0.3 is 10.6 Å². The van der Waals surface area contributed by atoms with E-state index in [9.17, 15) is 18.0 Å². The lowest BCUT2D eigenvalue weighted by atomic mass is 9.94. The van der Waals surface area contributed by atoms with Crippen molar-refractivity contribution in [2.24, 2.45) is 5.92 Å². The molecule has 0 radical (unpaired) electrons. The molecule has 0 saturated carbocycles. The number of dihydropyridines is 1. The molecule has 4 rings (SSSR count). The fraction of sp³-hybridized carbons (Fsp3) is 0.391. The van der Waals surface area contributed by atoms with Crippen molar-refractivity contribution in [2.45, 2.75) is 31.6 Å². The number of pyridine rings is 1. The van der Waals surface area contributed by atoms with Gasteiger partial charge in [0, 0.05) is 24.7 Å². The van der Waals surface area contributed by atoms with Crippen LogP contribution < -0.4 is 16.0 Å². The summed E-state index contributed by atoms with van der Waals surface area (Å²) in [5.74, 6) is 0.909. The largest absolute Gasteiger partial charge is 0.430 e. The lowest BCUT2D eigenvalue weighted by Gasteiger charge is -2.47. The molecule has 1 aromatic heterocycles. The van der Waals surface area contributed by atoms with Crippen LogP contribution in [0.4, 0.5) is 23.8 Å². The Labute approximate surface area is 184 Å². The average Bonchev–Trinajstić information content (AvgIpc) is 2.78. The van der Waals surface area contributed by atoms with E-state index in [1.54, 1.807) is 12.3 Å². The van der Waals surface area contributed by atoms with E-state index in [2.05, 4.69) is 27.9 Å². The predicted molar refractivity (Wildman–Crippen MR) is 118 cm³/mol. The first-order chi connectivity index (χ1) is 15.3. The quantitative estimate of drug-likeness (QED) is 0.653. The van der Waals surface area contributed by atoms with Crippen LogP contribution in [0.3, 0.4) is 0 Å². The Balaban J connectivity index is 1.51. The number of hydrogen-bond donors (Lipinski definition) is 3. The number of aromatic nitrogens is 1. The molecule has 2 aliphatic rings. The molecule has 2 aromatic rings. The molecule has 0 bridgehead atoms. The monoisotopic (exact) mass is 445 g/mol. The highest BCUT2D eigenvalue weighted by Gasteiger charge is 2.44. The molecule has 6 nitrogen and oxygen atoms in total. The fourth-order valence-corrected chi connectivity index (χ4v) is 4.18. The van der Waals surface area contributed by atoms with E-state index in [1.807, 2.05) is 35.2 Å². The van der Waals surface area contributed by atoms with Crippen molar-refractivity contribution in [1.82, 2.24) is 20.5 Å². The standard InChI is InChI=1S/C23H26F3N5O/c1-16-9-13-31(14-10-16)22(11-4-7-19(30-22)23(24,25)26)15-28-21(32)29-20-18-6-3-2-5-17(18)8-12-27-20/h2-8,11-12,16,30H,9-10,13-15H2,1H3,(H2,27,28,29,32). The number of halogens is 3. The van der Waals surface area contributed by atoms with E-state index in [-0.39, 0.29) is 6.54 Å². The number of carbonyl (C=O) groups is 1. The van der Waals surface area contributed by atoms with Crippen LogP contribution in [0.1, 0.15) is 19.8 Å². The minimum Gasteiger partial charge on any atom is -0.358 e. The minimum absolute atomic E-state index is 0.0398. The number of rotatable bonds is 4. The molecule has 2 aliphatic heterocycles. The fourth-order valence-electron chi connectivity index (χ4n) is 4.18. The molecular weight excluding hydrogens is 419 g/mol. The molecule has 0 spiro atoms. The van der Waals surface area contributed by atoms with Gasteiger partial charge in [-0.2, -0.15) is 13.2 Å². The first kappa shape index (κ1) is 22.1. The Bertz CT molecular complexity index is 1040. The third-order valence-electron chi connectivity index (χ3n) is 6.06. The van der Waals surface area contributed by atoms with Gasteiger partial charge >= 0.3 is 12.2 Å². The van der Waals surface area contributed by atoms with Gasteiger partial charge in [0.15, 0.2) is 0 Å². The summed E-state index contributed by atoms with van der Waals surface area (Å²) in [4.78, 5) is 18.9. The van der Waals surface area contributed by atoms with E-state index in [4.69, 9.17) is 0 Å². The SMILES string of the molecule is CC1CCN(C2(CNC(=O)Nc3nccc4ccccc34)C=CC=C(C(F)(F)F)N2)CC1. The van der Waals surface area contributed by atoms with Gasteiger partial charge in [-0.25, -0.2) is 9.78 Å². The highest BCUT2D eigenvalue weighted by atomic mass is 19.4. The third kappa shape index (κ3) is 4.72. The highest BCUT2D eigenvalue weighted by Crippen LogP contribution is 2.32. The van der Waals surface area contributed by atoms with E-state index in [0.29, 0.717) is 24.8 Å². The van der Waals surface area contributed by atoms with Crippen LogP contribution in [-0.2, 0) is 0 Å². The van der Waals surface area contributed by atoms with Crippen molar-refractivity contribution in [3.05, 3.63) is 60.5 Å². The van der Waals surface area contributed by atoms with E-state index in [1.165, 1.54) is 6.08 Å². The van der Waals surface area contributed by atoms with Crippen LogP contribution in [0.25, 0.3) is 10.8 Å². The Morgan fingerprint density at radius 3 is 2.75 bits per heavy atom. The Morgan fingerprint density at radius 2 is 2.00 bits per heavy atom. The second-order valence-electron chi connectivity index (χ2n) is 8.34. The summed E-state index contributed by atoms with van der Waals surface area (Å²) < 4.78 is 40.4. The van der Waals surface area contributed by atoms with Crippen LogP contribution in [0.5, 0.6) is 0 Å². The molecule has 3 heterocycles. The zero-order valence-electron chi connectivity index (χ0n) is 17.7. The van der Waals surface area contributed by atoms with Gasteiger partial charge in [-0.1, -0.05) is 37.3 Å². The van der Waals surface area contributed by atoms with Crippen molar-refractivity contribution in [2.75, 3.05) is 25.0 Å². The minimum atomic E-state index is -4.51. The molecular formula is C23H26F3N5O. The molecule has 1 aromatic carbocycles. The molecule has 1 saturated heterocycles. The number of urea groups is 1. The lowest BCUT2D eigenvalue weighted by Crippen LogP contribution is -2.66. The second-order valence-corrected chi connectivity index (χ2v) is 8.34. The number of piperidine rings is 1. The number of alkyl halides is 3. The molecule has 32 heavy (non-hydrogen) atoms. The van der Waals surface area contributed by atoms with Crippen LogP contribution in [0.2, 0.25) is 0 Å². The number of nitrogens with one attached hydrogen (secondary N) is 3. The normalized spacial score (nSPS) is 22.3. The summed E-state index contributed by atoms with van der Waals surface area (Å²) in [6, 6.07) is 8.81. The summed E-state index contributed by atoms with van der Waals surface area (Å²) in [6.45, 7) is 3.37. The molecule has 0 aliphatic carbocycles. The number of fused-ring (bicyclic) bond motifs is 1. The maximum Gasteiger partial charge on any atom is 0.430 e. The number of benzene rings is 1. The summed E-state index contributed by atoms with van der Waals surface area (Å²) in [6.07, 6.45) is 2.97. The van der Waals surface area contributed by atoms with Gasteiger partial charge in [0.05, 0.1) is 6.54 Å². The second kappa shape index (κ2) is 8.82. The summed E-state index contributed by atoms with van der Waals surface area (Å²) in [7, 11) is 0. The molecule has 170 valence electrons. The number of allylic oxidation sites excluding steroid dienone is 3. The molecule has 1 fully saturated rings. The van der Waals surface area contributed by atoms with Crippen LogP contribution in [0, 0.1) is 5.92 Å². The number of anilines is 1. The van der Waals surface area contributed by atoms with Gasteiger partial charge in [0.1, 0.15) is 17.2 Å². The average molecular weight is 445 g/mol. The van der Waals surface area contributed by atoms with E-state index >= 15 is 0 Å². The van der Waals surface area contributed by atoms with Crippen molar-refractivity contribution < 1.29 is 18.0 Å².